The van der Waals surface area contributed by atoms with Gasteiger partial charge in [0.2, 0.25) is 0 Å². The molecular weight excluding hydrogens is 234 g/mol. The highest BCUT2D eigenvalue weighted by molar-refractivity contribution is 5.79. The van der Waals surface area contributed by atoms with Gasteiger partial charge in [-0.15, -0.1) is 0 Å². The Morgan fingerprint density at radius 3 is 2.56 bits per heavy atom. The van der Waals surface area contributed by atoms with Gasteiger partial charge in [0.15, 0.2) is 0 Å². The van der Waals surface area contributed by atoms with E-state index in [1.807, 2.05) is 19.9 Å². The number of hydrogen-bond acceptors (Lipinski definition) is 3. The monoisotopic (exact) mass is 253 g/mol. The van der Waals surface area contributed by atoms with E-state index < -0.39 is 11.9 Å². The number of likely N-dealkylation sites (tertiary alicyclic amines) is 1. The van der Waals surface area contributed by atoms with Crippen molar-refractivity contribution in [2.45, 2.75) is 20.3 Å². The van der Waals surface area contributed by atoms with Crippen LogP contribution in [0.15, 0.2) is 0 Å². The van der Waals surface area contributed by atoms with Crippen molar-refractivity contribution in [1.29, 1.82) is 5.26 Å². The fourth-order valence-corrected chi connectivity index (χ4v) is 1.88. The van der Waals surface area contributed by atoms with E-state index in [1.54, 1.807) is 4.90 Å². The van der Waals surface area contributed by atoms with Crippen LogP contribution in [-0.4, -0.2) is 53.1 Å². The van der Waals surface area contributed by atoms with Crippen LogP contribution in [-0.2, 0) is 4.79 Å². The maximum absolute atomic E-state index is 12.1. The summed E-state index contributed by atoms with van der Waals surface area (Å²) in [4.78, 5) is 25.9. The number of aliphatic carboxylic acids is 1. The average Bonchev–Trinajstić information content (AvgIpc) is 2.20. The van der Waals surface area contributed by atoms with Gasteiger partial charge in [-0.3, -0.25) is 4.79 Å². The van der Waals surface area contributed by atoms with Crippen LogP contribution in [0.5, 0.6) is 0 Å². The van der Waals surface area contributed by atoms with Gasteiger partial charge in [0.05, 0.1) is 18.4 Å². The van der Waals surface area contributed by atoms with Gasteiger partial charge in [0, 0.05) is 26.2 Å². The first-order valence-electron chi connectivity index (χ1n) is 6.09. The molecule has 6 heteroatoms. The number of carboxylic acids is 1. The molecule has 0 unspecified atom stereocenters. The lowest BCUT2D eigenvalue weighted by molar-refractivity contribution is -0.146. The molecule has 1 rings (SSSR count). The van der Waals surface area contributed by atoms with Crippen LogP contribution in [0.3, 0.4) is 0 Å². The molecule has 1 aliphatic heterocycles. The third-order valence-electron chi connectivity index (χ3n) is 2.85. The van der Waals surface area contributed by atoms with E-state index in [-0.39, 0.29) is 19.1 Å². The zero-order chi connectivity index (χ0) is 13.7. The second-order valence-corrected chi connectivity index (χ2v) is 4.97. The van der Waals surface area contributed by atoms with Crippen LogP contribution in [0.1, 0.15) is 20.3 Å². The summed E-state index contributed by atoms with van der Waals surface area (Å²) in [7, 11) is 0. The second kappa shape index (κ2) is 6.24. The molecule has 1 heterocycles. The Kier molecular flexibility index (Phi) is 4.95. The molecule has 0 radical (unpaired) electrons. The van der Waals surface area contributed by atoms with Crippen molar-refractivity contribution in [3.63, 3.8) is 0 Å². The highest BCUT2D eigenvalue weighted by atomic mass is 16.4. The summed E-state index contributed by atoms with van der Waals surface area (Å²) in [6.45, 7) is 5.55. The van der Waals surface area contributed by atoms with Gasteiger partial charge in [0.25, 0.3) is 0 Å². The number of carbonyl (C=O) groups is 2. The summed E-state index contributed by atoms with van der Waals surface area (Å²) in [6.07, 6.45) is 0.300. The minimum atomic E-state index is -0.855. The Morgan fingerprint density at radius 2 is 2.11 bits per heavy atom. The van der Waals surface area contributed by atoms with Crippen LogP contribution >= 0.6 is 0 Å². The molecule has 0 aromatic rings. The maximum Gasteiger partial charge on any atom is 0.320 e. The van der Waals surface area contributed by atoms with Crippen LogP contribution in [0.25, 0.3) is 0 Å². The number of nitrogens with zero attached hydrogens (tertiary/aromatic N) is 3. The number of rotatable bonds is 5. The fraction of sp³-hybridized carbons (Fsp3) is 0.750. The van der Waals surface area contributed by atoms with Gasteiger partial charge < -0.3 is 14.9 Å². The van der Waals surface area contributed by atoms with Crippen LogP contribution in [0.2, 0.25) is 0 Å². The van der Waals surface area contributed by atoms with Gasteiger partial charge in [-0.2, -0.15) is 5.26 Å². The van der Waals surface area contributed by atoms with Crippen molar-refractivity contribution in [3.8, 4) is 6.07 Å². The molecule has 1 N–H and O–H groups in total. The number of amides is 2. The summed E-state index contributed by atoms with van der Waals surface area (Å²) in [6, 6.07) is 1.87. The van der Waals surface area contributed by atoms with Gasteiger partial charge in [-0.05, 0) is 5.92 Å². The first kappa shape index (κ1) is 14.3. The van der Waals surface area contributed by atoms with E-state index in [4.69, 9.17) is 10.4 Å². The molecule has 0 saturated carbocycles. The van der Waals surface area contributed by atoms with E-state index in [0.29, 0.717) is 25.4 Å². The molecular formula is C12H19N3O3. The van der Waals surface area contributed by atoms with Crippen molar-refractivity contribution >= 4 is 12.0 Å². The van der Waals surface area contributed by atoms with Crippen LogP contribution in [0.4, 0.5) is 4.79 Å². The van der Waals surface area contributed by atoms with Crippen molar-refractivity contribution in [2.75, 3.05) is 26.2 Å². The zero-order valence-electron chi connectivity index (χ0n) is 10.8. The minimum absolute atomic E-state index is 0.156. The van der Waals surface area contributed by atoms with E-state index in [1.165, 1.54) is 4.90 Å². The number of urea groups is 1. The summed E-state index contributed by atoms with van der Waals surface area (Å²) in [5, 5.41) is 17.3. The summed E-state index contributed by atoms with van der Waals surface area (Å²) >= 11 is 0. The molecule has 0 aromatic heterocycles. The third-order valence-corrected chi connectivity index (χ3v) is 2.85. The Labute approximate surface area is 107 Å². The highest BCUT2D eigenvalue weighted by Gasteiger charge is 2.37. The number of carboxylic acid groups (broad SMARTS) is 1. The number of nitriles is 1. The molecule has 1 fully saturated rings. The number of carbonyl (C=O) groups excluding carboxylic acids is 1. The van der Waals surface area contributed by atoms with Crippen molar-refractivity contribution in [3.05, 3.63) is 0 Å². The maximum atomic E-state index is 12.1. The molecule has 18 heavy (non-hydrogen) atoms. The molecule has 0 spiro atoms. The van der Waals surface area contributed by atoms with Crippen molar-refractivity contribution in [1.82, 2.24) is 9.80 Å². The normalized spacial score (nSPS) is 15.1. The van der Waals surface area contributed by atoms with Crippen molar-refractivity contribution in [2.24, 2.45) is 11.8 Å². The average molecular weight is 253 g/mol. The largest absolute Gasteiger partial charge is 0.481 e. The molecule has 0 bridgehead atoms. The van der Waals surface area contributed by atoms with Crippen LogP contribution in [0, 0.1) is 23.2 Å². The SMILES string of the molecule is CC(C)CN(CCC#N)C(=O)N1CC(C(=O)O)C1. The van der Waals surface area contributed by atoms with Gasteiger partial charge >= 0.3 is 12.0 Å². The highest BCUT2D eigenvalue weighted by Crippen LogP contribution is 2.18. The lowest BCUT2D eigenvalue weighted by Gasteiger charge is -2.40. The van der Waals surface area contributed by atoms with Gasteiger partial charge in [-0.25, -0.2) is 4.79 Å². The van der Waals surface area contributed by atoms with Gasteiger partial charge in [-0.1, -0.05) is 13.8 Å². The van der Waals surface area contributed by atoms with Crippen LogP contribution < -0.4 is 0 Å². The van der Waals surface area contributed by atoms with E-state index in [2.05, 4.69) is 0 Å². The summed E-state index contributed by atoms with van der Waals surface area (Å²) in [5.74, 6) is -0.971. The fourth-order valence-electron chi connectivity index (χ4n) is 1.88. The number of hydrogen-bond donors (Lipinski definition) is 1. The second-order valence-electron chi connectivity index (χ2n) is 4.97. The molecule has 100 valence electrons. The predicted molar refractivity (Wildman–Crippen MR) is 64.7 cm³/mol. The first-order valence-corrected chi connectivity index (χ1v) is 6.09. The van der Waals surface area contributed by atoms with E-state index >= 15 is 0 Å². The lowest BCUT2D eigenvalue weighted by Crippen LogP contribution is -2.57. The quantitative estimate of drug-likeness (QED) is 0.792. The van der Waals surface area contributed by atoms with Crippen molar-refractivity contribution < 1.29 is 14.7 Å². The minimum Gasteiger partial charge on any atom is -0.481 e. The zero-order valence-corrected chi connectivity index (χ0v) is 10.8. The molecule has 6 nitrogen and oxygen atoms in total. The Balaban J connectivity index is 2.50. The Hall–Kier alpha value is -1.77. The molecule has 0 aliphatic carbocycles. The lowest BCUT2D eigenvalue weighted by atomic mass is 10.0. The summed E-state index contributed by atoms with van der Waals surface area (Å²) in [5.41, 5.74) is 0. The molecule has 1 aliphatic rings. The molecule has 1 saturated heterocycles. The Bertz CT molecular complexity index is 356. The van der Waals surface area contributed by atoms with E-state index in [9.17, 15) is 9.59 Å². The molecule has 0 atom stereocenters. The predicted octanol–water partition coefficient (Wildman–Crippen LogP) is 0.994. The third kappa shape index (κ3) is 3.62. The smallest absolute Gasteiger partial charge is 0.320 e. The topological polar surface area (TPSA) is 84.6 Å². The Morgan fingerprint density at radius 1 is 1.50 bits per heavy atom. The molecule has 2 amide bonds. The molecule has 0 aromatic carbocycles. The first-order chi connectivity index (χ1) is 8.45. The van der Waals surface area contributed by atoms with Gasteiger partial charge in [0.1, 0.15) is 0 Å². The standard InChI is InChI=1S/C12H19N3O3/c1-9(2)6-14(5-3-4-13)12(18)15-7-10(8-15)11(16)17/h9-10H,3,5-8H2,1-2H3,(H,16,17). The summed E-state index contributed by atoms with van der Waals surface area (Å²) < 4.78 is 0. The van der Waals surface area contributed by atoms with E-state index in [0.717, 1.165) is 0 Å².